The van der Waals surface area contributed by atoms with Gasteiger partial charge in [0.2, 0.25) is 0 Å². The molecule has 102 valence electrons. The largest absolute Gasteiger partial charge is 0.382 e. The van der Waals surface area contributed by atoms with E-state index < -0.39 is 0 Å². The van der Waals surface area contributed by atoms with E-state index in [4.69, 9.17) is 10.00 Å². The van der Waals surface area contributed by atoms with E-state index in [1.807, 2.05) is 13.0 Å². The molecule has 0 atom stereocenters. The molecule has 0 radical (unpaired) electrons. The van der Waals surface area contributed by atoms with Crippen LogP contribution in [0.5, 0.6) is 0 Å². The zero-order valence-corrected chi connectivity index (χ0v) is 11.4. The maximum absolute atomic E-state index is 8.67. The lowest BCUT2D eigenvalue weighted by molar-refractivity contribution is 0.0636. The van der Waals surface area contributed by atoms with E-state index in [-0.39, 0.29) is 0 Å². The first-order chi connectivity index (χ1) is 9.28. The molecule has 0 aromatic carbocycles. The fraction of sp³-hybridized carbons (Fsp3) is 0.643. The summed E-state index contributed by atoms with van der Waals surface area (Å²) < 4.78 is 5.46. The van der Waals surface area contributed by atoms with Gasteiger partial charge < -0.3 is 10.1 Å². The number of nitriles is 1. The first kappa shape index (κ1) is 13.8. The Labute approximate surface area is 114 Å². The van der Waals surface area contributed by atoms with Crippen LogP contribution in [0, 0.1) is 16.7 Å². The molecule has 0 saturated heterocycles. The van der Waals surface area contributed by atoms with Crippen LogP contribution in [0.15, 0.2) is 12.1 Å². The van der Waals surface area contributed by atoms with Crippen molar-refractivity contribution in [3.8, 4) is 6.07 Å². The van der Waals surface area contributed by atoms with Crippen LogP contribution in [0.3, 0.4) is 0 Å². The molecule has 0 unspecified atom stereocenters. The van der Waals surface area contributed by atoms with Gasteiger partial charge in [0.15, 0.2) is 5.69 Å². The minimum atomic E-state index is 0.347. The van der Waals surface area contributed by atoms with Gasteiger partial charge in [-0.15, -0.1) is 10.2 Å². The smallest absolute Gasteiger partial charge is 0.163 e. The number of rotatable bonds is 7. The third-order valence-corrected chi connectivity index (χ3v) is 3.82. The number of hydrogen-bond donors (Lipinski definition) is 1. The predicted molar refractivity (Wildman–Crippen MR) is 72.6 cm³/mol. The van der Waals surface area contributed by atoms with E-state index in [0.29, 0.717) is 11.1 Å². The Morgan fingerprint density at radius 3 is 2.79 bits per heavy atom. The summed E-state index contributed by atoms with van der Waals surface area (Å²) >= 11 is 0. The van der Waals surface area contributed by atoms with E-state index in [1.165, 1.54) is 19.3 Å². The number of aromatic nitrogens is 2. The fourth-order valence-corrected chi connectivity index (χ4v) is 2.39. The van der Waals surface area contributed by atoms with Crippen LogP contribution in [0.2, 0.25) is 0 Å². The van der Waals surface area contributed by atoms with Gasteiger partial charge in [0.1, 0.15) is 11.9 Å². The Hall–Kier alpha value is -1.67. The molecule has 1 saturated carbocycles. The summed E-state index contributed by atoms with van der Waals surface area (Å²) in [6.45, 7) is 4.54. The van der Waals surface area contributed by atoms with Crippen LogP contribution >= 0.6 is 0 Å². The van der Waals surface area contributed by atoms with Crippen LogP contribution in [-0.2, 0) is 4.74 Å². The van der Waals surface area contributed by atoms with Crippen molar-refractivity contribution in [1.82, 2.24) is 10.2 Å². The molecule has 5 nitrogen and oxygen atoms in total. The van der Waals surface area contributed by atoms with Crippen molar-refractivity contribution >= 4 is 5.82 Å². The lowest BCUT2D eigenvalue weighted by Gasteiger charge is -2.42. The molecule has 0 aliphatic heterocycles. The summed E-state index contributed by atoms with van der Waals surface area (Å²) in [5, 5.41) is 19.8. The van der Waals surface area contributed by atoms with Crippen molar-refractivity contribution in [1.29, 1.82) is 5.26 Å². The molecule has 0 amide bonds. The monoisotopic (exact) mass is 260 g/mol. The third-order valence-electron chi connectivity index (χ3n) is 3.82. The highest BCUT2D eigenvalue weighted by molar-refractivity contribution is 5.35. The maximum Gasteiger partial charge on any atom is 0.163 e. The highest BCUT2D eigenvalue weighted by Crippen LogP contribution is 2.43. The van der Waals surface area contributed by atoms with E-state index in [0.717, 1.165) is 32.0 Å². The molecule has 1 N–H and O–H groups in total. The number of nitrogens with zero attached hydrogens (tertiary/aromatic N) is 3. The summed E-state index contributed by atoms with van der Waals surface area (Å²) in [6.07, 6.45) is 4.89. The second kappa shape index (κ2) is 6.48. The predicted octanol–water partition coefficient (Wildman–Crippen LogP) is 2.36. The molecule has 1 aliphatic carbocycles. The average molecular weight is 260 g/mol. The Balaban J connectivity index is 1.83. The molecular weight excluding hydrogens is 240 g/mol. The summed E-state index contributed by atoms with van der Waals surface area (Å²) in [4.78, 5) is 0. The minimum absolute atomic E-state index is 0.347. The molecule has 5 heteroatoms. The Kier molecular flexibility index (Phi) is 4.69. The summed E-state index contributed by atoms with van der Waals surface area (Å²) in [5.41, 5.74) is 0.699. The molecule has 19 heavy (non-hydrogen) atoms. The average Bonchev–Trinajstić information content (AvgIpc) is 2.41. The number of hydrogen-bond acceptors (Lipinski definition) is 5. The Morgan fingerprint density at radius 1 is 1.42 bits per heavy atom. The molecule has 0 spiro atoms. The van der Waals surface area contributed by atoms with E-state index >= 15 is 0 Å². The minimum Gasteiger partial charge on any atom is -0.382 e. The SMILES string of the molecule is CCOCCC1(CNc2ccc(C#N)nn2)CCC1. The van der Waals surface area contributed by atoms with Gasteiger partial charge in [-0.25, -0.2) is 0 Å². The Morgan fingerprint density at radius 2 is 2.26 bits per heavy atom. The summed E-state index contributed by atoms with van der Waals surface area (Å²) in [7, 11) is 0. The number of anilines is 1. The molecule has 1 fully saturated rings. The first-order valence-electron chi connectivity index (χ1n) is 6.83. The van der Waals surface area contributed by atoms with Gasteiger partial charge >= 0.3 is 0 Å². The van der Waals surface area contributed by atoms with Crippen LogP contribution in [0.4, 0.5) is 5.82 Å². The Bertz CT molecular complexity index is 434. The fourth-order valence-electron chi connectivity index (χ4n) is 2.39. The van der Waals surface area contributed by atoms with E-state index in [2.05, 4.69) is 15.5 Å². The molecule has 1 heterocycles. The number of ether oxygens (including phenoxy) is 1. The zero-order valence-electron chi connectivity index (χ0n) is 11.4. The summed E-state index contributed by atoms with van der Waals surface area (Å²) in [6, 6.07) is 5.45. The van der Waals surface area contributed by atoms with E-state index in [9.17, 15) is 0 Å². The van der Waals surface area contributed by atoms with Gasteiger partial charge in [0.05, 0.1) is 0 Å². The van der Waals surface area contributed by atoms with Crippen LogP contribution in [-0.4, -0.2) is 30.0 Å². The van der Waals surface area contributed by atoms with Crippen molar-refractivity contribution < 1.29 is 4.74 Å². The lowest BCUT2D eigenvalue weighted by atomic mass is 9.67. The van der Waals surface area contributed by atoms with Crippen LogP contribution in [0.25, 0.3) is 0 Å². The van der Waals surface area contributed by atoms with Gasteiger partial charge in [-0.1, -0.05) is 6.42 Å². The van der Waals surface area contributed by atoms with Gasteiger partial charge in [-0.05, 0) is 43.7 Å². The van der Waals surface area contributed by atoms with Crippen LogP contribution < -0.4 is 5.32 Å². The molecule has 0 bridgehead atoms. The molecule has 1 aromatic rings. The second-order valence-corrected chi connectivity index (χ2v) is 5.07. The van der Waals surface area contributed by atoms with E-state index in [1.54, 1.807) is 12.1 Å². The highest BCUT2D eigenvalue weighted by Gasteiger charge is 2.36. The van der Waals surface area contributed by atoms with Crippen molar-refractivity contribution in [3.05, 3.63) is 17.8 Å². The normalized spacial score (nSPS) is 16.4. The second-order valence-electron chi connectivity index (χ2n) is 5.07. The standard InChI is InChI=1S/C14H20N4O/c1-2-19-9-8-14(6-3-7-14)11-16-13-5-4-12(10-15)17-18-13/h4-5H,2-3,6-9,11H2,1H3,(H,16,18). The molecule has 2 rings (SSSR count). The lowest BCUT2D eigenvalue weighted by Crippen LogP contribution is -2.37. The zero-order chi connectivity index (χ0) is 13.6. The summed E-state index contributed by atoms with van der Waals surface area (Å²) in [5.74, 6) is 0.738. The van der Waals surface area contributed by atoms with Gasteiger partial charge in [0.25, 0.3) is 0 Å². The quantitative estimate of drug-likeness (QED) is 0.762. The van der Waals surface area contributed by atoms with Crippen LogP contribution in [0.1, 0.15) is 38.3 Å². The van der Waals surface area contributed by atoms with Crippen molar-refractivity contribution in [2.45, 2.75) is 32.6 Å². The molecular formula is C14H20N4O. The number of nitrogens with one attached hydrogen (secondary N) is 1. The van der Waals surface area contributed by atoms with Gasteiger partial charge in [-0.2, -0.15) is 5.26 Å². The first-order valence-corrected chi connectivity index (χ1v) is 6.83. The third kappa shape index (κ3) is 3.65. The van der Waals surface area contributed by atoms with Gasteiger partial charge in [-0.3, -0.25) is 0 Å². The van der Waals surface area contributed by atoms with Crippen molar-refractivity contribution in [2.24, 2.45) is 5.41 Å². The maximum atomic E-state index is 8.67. The highest BCUT2D eigenvalue weighted by atomic mass is 16.5. The van der Waals surface area contributed by atoms with Crippen molar-refractivity contribution in [3.63, 3.8) is 0 Å². The topological polar surface area (TPSA) is 70.8 Å². The van der Waals surface area contributed by atoms with Gasteiger partial charge in [0, 0.05) is 19.8 Å². The molecule has 1 aromatic heterocycles. The van der Waals surface area contributed by atoms with Crippen molar-refractivity contribution in [2.75, 3.05) is 25.1 Å². The molecule has 1 aliphatic rings.